The Balaban J connectivity index is 3.24. The van der Waals surface area contributed by atoms with E-state index in [1.54, 1.807) is 6.07 Å². The van der Waals surface area contributed by atoms with Gasteiger partial charge in [0.15, 0.2) is 0 Å². The molecular weight excluding hydrogens is 183 g/mol. The molecule has 0 aliphatic carbocycles. The molecular formula is C9H11BO4. The Kier molecular flexibility index (Phi) is 3.27. The average Bonchev–Trinajstić information content (AvgIpc) is 2.16. The second kappa shape index (κ2) is 4.26. The van der Waals surface area contributed by atoms with Crippen LogP contribution in [-0.4, -0.2) is 28.2 Å². The van der Waals surface area contributed by atoms with Gasteiger partial charge in [-0.25, -0.2) is 4.79 Å². The van der Waals surface area contributed by atoms with Gasteiger partial charge in [-0.1, -0.05) is 19.1 Å². The second-order valence-corrected chi connectivity index (χ2v) is 2.95. The van der Waals surface area contributed by atoms with Crippen molar-refractivity contribution in [1.82, 2.24) is 0 Å². The van der Waals surface area contributed by atoms with Gasteiger partial charge < -0.3 is 15.2 Å². The minimum absolute atomic E-state index is 0.0229. The average molecular weight is 194 g/mol. The van der Waals surface area contributed by atoms with Crippen molar-refractivity contribution in [2.24, 2.45) is 0 Å². The van der Waals surface area contributed by atoms with Gasteiger partial charge in [-0.15, -0.1) is 0 Å². The Morgan fingerprint density at radius 1 is 1.43 bits per heavy atom. The van der Waals surface area contributed by atoms with Crippen LogP contribution in [0.25, 0.3) is 0 Å². The molecule has 1 aromatic rings. The first-order chi connectivity index (χ1) is 6.56. The molecule has 0 spiro atoms. The van der Waals surface area contributed by atoms with Gasteiger partial charge in [-0.2, -0.15) is 0 Å². The van der Waals surface area contributed by atoms with Crippen LogP contribution in [0.1, 0.15) is 22.8 Å². The number of carboxylic acids is 1. The van der Waals surface area contributed by atoms with Crippen molar-refractivity contribution in [2.45, 2.75) is 13.3 Å². The van der Waals surface area contributed by atoms with E-state index >= 15 is 0 Å². The number of aryl methyl sites for hydroxylation is 1. The first-order valence-corrected chi connectivity index (χ1v) is 4.28. The number of aromatic carboxylic acids is 1. The molecule has 0 saturated carbocycles. The van der Waals surface area contributed by atoms with Crippen molar-refractivity contribution in [3.63, 3.8) is 0 Å². The topological polar surface area (TPSA) is 77.8 Å². The molecule has 14 heavy (non-hydrogen) atoms. The lowest BCUT2D eigenvalue weighted by Crippen LogP contribution is -2.34. The molecule has 0 unspecified atom stereocenters. The van der Waals surface area contributed by atoms with E-state index in [0.29, 0.717) is 6.42 Å². The molecule has 4 nitrogen and oxygen atoms in total. The van der Waals surface area contributed by atoms with E-state index in [2.05, 4.69) is 0 Å². The molecule has 0 aromatic heterocycles. The summed E-state index contributed by atoms with van der Waals surface area (Å²) < 4.78 is 0. The Bertz CT molecular complexity index is 349. The molecule has 0 aliphatic heterocycles. The number of hydrogen-bond donors (Lipinski definition) is 3. The van der Waals surface area contributed by atoms with Gasteiger partial charge in [0.1, 0.15) is 0 Å². The summed E-state index contributed by atoms with van der Waals surface area (Å²) in [7, 11) is -1.74. The fourth-order valence-corrected chi connectivity index (χ4v) is 1.23. The van der Waals surface area contributed by atoms with E-state index in [-0.39, 0.29) is 11.0 Å². The molecule has 0 amide bonds. The molecule has 5 heteroatoms. The summed E-state index contributed by atoms with van der Waals surface area (Å²) in [4.78, 5) is 10.8. The van der Waals surface area contributed by atoms with Crippen molar-refractivity contribution >= 4 is 18.6 Å². The van der Waals surface area contributed by atoms with E-state index in [9.17, 15) is 4.79 Å². The van der Waals surface area contributed by atoms with E-state index in [4.69, 9.17) is 15.2 Å². The maximum Gasteiger partial charge on any atom is 0.489 e. The van der Waals surface area contributed by atoms with Crippen LogP contribution < -0.4 is 5.46 Å². The molecule has 0 atom stereocenters. The Morgan fingerprint density at radius 2 is 2.07 bits per heavy atom. The van der Waals surface area contributed by atoms with Gasteiger partial charge in [0, 0.05) is 0 Å². The van der Waals surface area contributed by atoms with Crippen molar-refractivity contribution in [1.29, 1.82) is 0 Å². The summed E-state index contributed by atoms with van der Waals surface area (Å²) in [6.45, 7) is 1.90. The zero-order valence-corrected chi connectivity index (χ0v) is 7.77. The number of rotatable bonds is 3. The SMILES string of the molecule is CCc1ccc(B(O)O)c(C(=O)O)c1. The first kappa shape index (κ1) is 10.8. The van der Waals surface area contributed by atoms with E-state index in [1.165, 1.54) is 12.1 Å². The van der Waals surface area contributed by atoms with Crippen molar-refractivity contribution in [3.05, 3.63) is 29.3 Å². The Labute approximate surface area is 82.0 Å². The van der Waals surface area contributed by atoms with Crippen LogP contribution in [-0.2, 0) is 6.42 Å². The summed E-state index contributed by atoms with van der Waals surface area (Å²) in [5, 5.41) is 26.6. The lowest BCUT2D eigenvalue weighted by molar-refractivity contribution is 0.0697. The van der Waals surface area contributed by atoms with Crippen LogP contribution in [0.4, 0.5) is 0 Å². The molecule has 3 N–H and O–H groups in total. The van der Waals surface area contributed by atoms with Crippen LogP contribution in [0.5, 0.6) is 0 Å². The van der Waals surface area contributed by atoms with Crippen molar-refractivity contribution in [2.75, 3.05) is 0 Å². The first-order valence-electron chi connectivity index (χ1n) is 4.28. The predicted octanol–water partition coefficient (Wildman–Crippen LogP) is -0.373. The molecule has 0 aliphatic rings. The Hall–Kier alpha value is -1.33. The lowest BCUT2D eigenvalue weighted by Gasteiger charge is -2.06. The number of carboxylic acid groups (broad SMARTS) is 1. The highest BCUT2D eigenvalue weighted by molar-refractivity contribution is 6.60. The third-order valence-corrected chi connectivity index (χ3v) is 2.03. The van der Waals surface area contributed by atoms with Gasteiger partial charge in [-0.05, 0) is 23.5 Å². The third kappa shape index (κ3) is 2.13. The van der Waals surface area contributed by atoms with E-state index in [0.717, 1.165) is 5.56 Å². The molecule has 1 aromatic carbocycles. The summed E-state index contributed by atoms with van der Waals surface area (Å²) in [6.07, 6.45) is 0.710. The molecule has 0 saturated heterocycles. The highest BCUT2D eigenvalue weighted by Gasteiger charge is 2.19. The maximum absolute atomic E-state index is 10.8. The van der Waals surface area contributed by atoms with Crippen molar-refractivity contribution < 1.29 is 19.9 Å². The number of benzene rings is 1. The van der Waals surface area contributed by atoms with Crippen molar-refractivity contribution in [3.8, 4) is 0 Å². The third-order valence-electron chi connectivity index (χ3n) is 2.03. The zero-order chi connectivity index (χ0) is 10.7. The van der Waals surface area contributed by atoms with Gasteiger partial charge in [0.25, 0.3) is 0 Å². The summed E-state index contributed by atoms with van der Waals surface area (Å²) in [6, 6.07) is 4.56. The Morgan fingerprint density at radius 3 is 2.50 bits per heavy atom. The van der Waals surface area contributed by atoms with Crippen LogP contribution in [0.2, 0.25) is 0 Å². The lowest BCUT2D eigenvalue weighted by atomic mass is 9.76. The molecule has 1 rings (SSSR count). The molecule has 0 heterocycles. The number of hydrogen-bond acceptors (Lipinski definition) is 3. The smallest absolute Gasteiger partial charge is 0.478 e. The van der Waals surface area contributed by atoms with Gasteiger partial charge in [0.2, 0.25) is 0 Å². The van der Waals surface area contributed by atoms with Crippen LogP contribution >= 0.6 is 0 Å². The number of carbonyl (C=O) groups is 1. The second-order valence-electron chi connectivity index (χ2n) is 2.95. The fourth-order valence-electron chi connectivity index (χ4n) is 1.23. The van der Waals surface area contributed by atoms with E-state index < -0.39 is 13.1 Å². The quantitative estimate of drug-likeness (QED) is 0.573. The zero-order valence-electron chi connectivity index (χ0n) is 7.77. The van der Waals surface area contributed by atoms with Crippen LogP contribution in [0, 0.1) is 0 Å². The summed E-state index contributed by atoms with van der Waals surface area (Å²) >= 11 is 0. The fraction of sp³-hybridized carbons (Fsp3) is 0.222. The minimum Gasteiger partial charge on any atom is -0.478 e. The predicted molar refractivity (Wildman–Crippen MR) is 52.6 cm³/mol. The highest BCUT2D eigenvalue weighted by atomic mass is 16.4. The standard InChI is InChI=1S/C9H11BO4/c1-2-6-3-4-8(10(13)14)7(5-6)9(11)12/h3-5,13-14H,2H2,1H3,(H,11,12). The largest absolute Gasteiger partial charge is 0.489 e. The van der Waals surface area contributed by atoms with Gasteiger partial charge >= 0.3 is 13.1 Å². The molecule has 0 fully saturated rings. The van der Waals surface area contributed by atoms with Crippen LogP contribution in [0.3, 0.4) is 0 Å². The molecule has 0 radical (unpaired) electrons. The maximum atomic E-state index is 10.8. The monoisotopic (exact) mass is 194 g/mol. The summed E-state index contributed by atoms with van der Waals surface area (Å²) in [5.41, 5.74) is 0.820. The molecule has 0 bridgehead atoms. The highest BCUT2D eigenvalue weighted by Crippen LogP contribution is 2.04. The minimum atomic E-state index is -1.74. The summed E-state index contributed by atoms with van der Waals surface area (Å²) in [5.74, 6) is -1.15. The normalized spacial score (nSPS) is 9.93. The molecule has 74 valence electrons. The van der Waals surface area contributed by atoms with Crippen LogP contribution in [0.15, 0.2) is 18.2 Å². The van der Waals surface area contributed by atoms with E-state index in [1.807, 2.05) is 6.92 Å². The van der Waals surface area contributed by atoms with Gasteiger partial charge in [-0.3, -0.25) is 0 Å². The van der Waals surface area contributed by atoms with Gasteiger partial charge in [0.05, 0.1) is 5.56 Å².